The van der Waals surface area contributed by atoms with Crippen molar-refractivity contribution in [3.05, 3.63) is 64.7 Å². The number of pyridine rings is 2. The summed E-state index contributed by atoms with van der Waals surface area (Å²) in [4.78, 5) is 29.3. The summed E-state index contributed by atoms with van der Waals surface area (Å²) < 4.78 is 13.1. The topological polar surface area (TPSA) is 106 Å². The zero-order valence-electron chi connectivity index (χ0n) is 19.3. The van der Waals surface area contributed by atoms with Crippen molar-refractivity contribution in [2.75, 3.05) is 48.4 Å². The smallest absolute Gasteiger partial charge is 0.276 e. The van der Waals surface area contributed by atoms with E-state index in [4.69, 9.17) is 14.5 Å². The molecule has 0 spiro atoms. The number of hydrogen-bond acceptors (Lipinski definition) is 9. The van der Waals surface area contributed by atoms with Crippen LogP contribution in [0, 0.1) is 6.92 Å². The van der Waals surface area contributed by atoms with E-state index in [0.717, 1.165) is 34.6 Å². The van der Waals surface area contributed by atoms with Crippen LogP contribution in [0.5, 0.6) is 5.88 Å². The van der Waals surface area contributed by atoms with Gasteiger partial charge in [-0.25, -0.2) is 9.97 Å². The Morgan fingerprint density at radius 3 is 2.91 bits per heavy atom. The van der Waals surface area contributed by atoms with E-state index in [2.05, 4.69) is 38.5 Å². The molecule has 2 N–H and O–H groups in total. The Hall–Kier alpha value is -4.18. The van der Waals surface area contributed by atoms with E-state index in [0.29, 0.717) is 56.1 Å². The van der Waals surface area contributed by atoms with E-state index in [9.17, 15) is 4.79 Å². The number of nitrogens with one attached hydrogen (secondary N) is 2. The fourth-order valence-electron chi connectivity index (χ4n) is 4.53. The summed E-state index contributed by atoms with van der Waals surface area (Å²) in [5.41, 5.74) is 4.96. The Bertz CT molecular complexity index is 1470. The number of ether oxygens (including phenoxy) is 2. The van der Waals surface area contributed by atoms with Gasteiger partial charge in [-0.2, -0.15) is 4.98 Å². The van der Waals surface area contributed by atoms with Gasteiger partial charge < -0.3 is 25.0 Å². The number of nitrogens with zero attached hydrogens (tertiary/aromatic N) is 5. The third-order valence-corrected chi connectivity index (χ3v) is 6.21. The molecule has 35 heavy (non-hydrogen) atoms. The maximum Gasteiger partial charge on any atom is 0.276 e. The second-order valence-electron chi connectivity index (χ2n) is 8.47. The molecule has 0 saturated carbocycles. The molecule has 10 nitrogen and oxygen atoms in total. The zero-order valence-corrected chi connectivity index (χ0v) is 19.3. The highest BCUT2D eigenvalue weighted by molar-refractivity contribution is 5.85. The van der Waals surface area contributed by atoms with Crippen LogP contribution in [0.4, 0.5) is 28.7 Å². The Morgan fingerprint density at radius 1 is 1.03 bits per heavy atom. The Morgan fingerprint density at radius 2 is 1.97 bits per heavy atom. The zero-order chi connectivity index (χ0) is 23.8. The van der Waals surface area contributed by atoms with Crippen LogP contribution >= 0.6 is 0 Å². The van der Waals surface area contributed by atoms with Crippen molar-refractivity contribution in [2.45, 2.75) is 13.5 Å². The van der Waals surface area contributed by atoms with E-state index in [1.54, 1.807) is 23.0 Å². The summed E-state index contributed by atoms with van der Waals surface area (Å²) in [7, 11) is 0. The van der Waals surface area contributed by atoms with Crippen LogP contribution < -0.4 is 25.8 Å². The molecule has 0 radical (unpaired) electrons. The third-order valence-electron chi connectivity index (χ3n) is 6.21. The number of rotatable bonds is 1. The molecular formula is C25H25N7O3. The Kier molecular flexibility index (Phi) is 5.42. The van der Waals surface area contributed by atoms with Gasteiger partial charge in [-0.3, -0.25) is 9.36 Å². The van der Waals surface area contributed by atoms with E-state index in [1.807, 2.05) is 24.3 Å². The minimum atomic E-state index is -0.116. The first-order valence-electron chi connectivity index (χ1n) is 11.6. The van der Waals surface area contributed by atoms with Crippen molar-refractivity contribution in [2.24, 2.45) is 0 Å². The fraction of sp³-hybridized carbons (Fsp3) is 0.280. The van der Waals surface area contributed by atoms with Crippen molar-refractivity contribution in [1.29, 1.82) is 0 Å². The van der Waals surface area contributed by atoms with Crippen molar-refractivity contribution < 1.29 is 9.47 Å². The minimum absolute atomic E-state index is 0.116. The lowest BCUT2D eigenvalue weighted by molar-refractivity contribution is 0.0930. The molecule has 10 heteroatoms. The van der Waals surface area contributed by atoms with Crippen LogP contribution in [0.15, 0.2) is 53.6 Å². The van der Waals surface area contributed by atoms with Crippen LogP contribution in [-0.4, -0.2) is 52.4 Å². The lowest BCUT2D eigenvalue weighted by atomic mass is 10.1. The first-order valence-corrected chi connectivity index (χ1v) is 11.6. The molecule has 3 aromatic heterocycles. The maximum absolute atomic E-state index is 13.9. The molecule has 4 bridgehead atoms. The van der Waals surface area contributed by atoms with Crippen LogP contribution in [-0.2, 0) is 11.3 Å². The molecule has 6 rings (SSSR count). The molecule has 0 unspecified atom stereocenters. The SMILES string of the molecule is Cc1cccc2c1NCCN2c1cc2cnc3nc2n(c1=O)CCOCCOc1cc(ccn1)N3. The summed E-state index contributed by atoms with van der Waals surface area (Å²) >= 11 is 0. The van der Waals surface area contributed by atoms with Gasteiger partial charge in [0.1, 0.15) is 17.9 Å². The van der Waals surface area contributed by atoms with Gasteiger partial charge in [0.15, 0.2) is 0 Å². The standard InChI is InChI=1S/C25H25N7O3/c1-16-3-2-4-19-22(16)27-7-8-31(19)20-13-17-15-28-25-29-18-5-6-26-21(14-18)35-12-11-34-10-9-32(24(20)33)23(17)30-25/h2-6,13-15,27H,7-12H2,1H3,(H,28,29,30). The van der Waals surface area contributed by atoms with E-state index in [-0.39, 0.29) is 5.56 Å². The molecule has 178 valence electrons. The first-order chi connectivity index (χ1) is 17.2. The Balaban J connectivity index is 1.48. The van der Waals surface area contributed by atoms with Crippen molar-refractivity contribution >= 4 is 39.7 Å². The van der Waals surface area contributed by atoms with Crippen LogP contribution in [0.1, 0.15) is 5.56 Å². The number of anilines is 5. The van der Waals surface area contributed by atoms with Crippen molar-refractivity contribution in [3.63, 3.8) is 0 Å². The van der Waals surface area contributed by atoms with Crippen LogP contribution in [0.2, 0.25) is 0 Å². The van der Waals surface area contributed by atoms with Gasteiger partial charge >= 0.3 is 0 Å². The summed E-state index contributed by atoms with van der Waals surface area (Å²) in [6, 6.07) is 11.6. The van der Waals surface area contributed by atoms with Gasteiger partial charge in [-0.1, -0.05) is 12.1 Å². The van der Waals surface area contributed by atoms with E-state index < -0.39 is 0 Å². The number of aromatic nitrogens is 4. The molecule has 0 amide bonds. The molecule has 0 atom stereocenters. The first kappa shape index (κ1) is 21.4. The molecule has 4 aromatic rings. The van der Waals surface area contributed by atoms with Crippen molar-refractivity contribution in [1.82, 2.24) is 19.5 Å². The predicted molar refractivity (Wildman–Crippen MR) is 134 cm³/mol. The summed E-state index contributed by atoms with van der Waals surface area (Å²) in [6.45, 7) is 4.94. The molecule has 5 heterocycles. The number of benzene rings is 1. The number of aryl methyl sites for hydroxylation is 1. The predicted octanol–water partition coefficient (Wildman–Crippen LogP) is 3.21. The van der Waals surface area contributed by atoms with Crippen LogP contribution in [0.3, 0.4) is 0 Å². The maximum atomic E-state index is 13.9. The molecular weight excluding hydrogens is 446 g/mol. The highest BCUT2D eigenvalue weighted by Gasteiger charge is 2.23. The molecule has 1 aromatic carbocycles. The Labute approximate surface area is 201 Å². The van der Waals surface area contributed by atoms with E-state index in [1.165, 1.54) is 0 Å². The second-order valence-corrected chi connectivity index (χ2v) is 8.47. The third kappa shape index (κ3) is 4.01. The van der Waals surface area contributed by atoms with Crippen molar-refractivity contribution in [3.8, 4) is 5.88 Å². The number of fused-ring (bicyclic) bond motifs is 4. The summed E-state index contributed by atoms with van der Waals surface area (Å²) in [5.74, 6) is 0.876. The quantitative estimate of drug-likeness (QED) is 0.433. The summed E-state index contributed by atoms with van der Waals surface area (Å²) in [6.07, 6.45) is 3.40. The lowest BCUT2D eigenvalue weighted by Gasteiger charge is -2.33. The van der Waals surface area contributed by atoms with E-state index >= 15 is 0 Å². The lowest BCUT2D eigenvalue weighted by Crippen LogP contribution is -2.36. The summed E-state index contributed by atoms with van der Waals surface area (Å²) in [5, 5.41) is 7.44. The molecule has 0 fully saturated rings. The molecule has 2 aliphatic heterocycles. The average molecular weight is 472 g/mol. The second kappa shape index (κ2) is 8.88. The van der Waals surface area contributed by atoms with Gasteiger partial charge in [0.05, 0.1) is 31.1 Å². The normalized spacial score (nSPS) is 15.5. The van der Waals surface area contributed by atoms with Gasteiger partial charge in [0, 0.05) is 42.6 Å². The highest BCUT2D eigenvalue weighted by Crippen LogP contribution is 2.36. The number of hydrogen-bond donors (Lipinski definition) is 2. The molecule has 0 saturated heterocycles. The van der Waals surface area contributed by atoms with Crippen LogP contribution in [0.25, 0.3) is 11.0 Å². The van der Waals surface area contributed by atoms with Gasteiger partial charge in [0.2, 0.25) is 11.8 Å². The highest BCUT2D eigenvalue weighted by atomic mass is 16.5. The number of para-hydroxylation sites is 1. The average Bonchev–Trinajstić information content (AvgIpc) is 2.87. The molecule has 2 aliphatic rings. The van der Waals surface area contributed by atoms with Gasteiger partial charge in [0.25, 0.3) is 5.56 Å². The largest absolute Gasteiger partial charge is 0.475 e. The van der Waals surface area contributed by atoms with Gasteiger partial charge in [-0.05, 0) is 30.7 Å². The molecule has 0 aliphatic carbocycles. The fourth-order valence-corrected chi connectivity index (χ4v) is 4.53. The minimum Gasteiger partial charge on any atom is -0.475 e. The monoisotopic (exact) mass is 471 g/mol. The van der Waals surface area contributed by atoms with Gasteiger partial charge in [-0.15, -0.1) is 0 Å².